The average Bonchev–Trinajstić information content (AvgIpc) is 2.21. The maximum absolute atomic E-state index is 6.13. The normalized spacial score (nSPS) is 24.2. The lowest BCUT2D eigenvalue weighted by atomic mass is 9.88. The van der Waals surface area contributed by atoms with Gasteiger partial charge in [-0.3, -0.25) is 0 Å². The summed E-state index contributed by atoms with van der Waals surface area (Å²) in [7, 11) is 1.74. The molecular formula is C10H21NO2. The molecule has 2 atom stereocenters. The fourth-order valence-corrected chi connectivity index (χ4v) is 2.00. The fourth-order valence-electron chi connectivity index (χ4n) is 2.00. The first-order chi connectivity index (χ1) is 6.29. The van der Waals surface area contributed by atoms with E-state index in [1.165, 1.54) is 0 Å². The van der Waals surface area contributed by atoms with E-state index in [4.69, 9.17) is 15.2 Å². The van der Waals surface area contributed by atoms with Crippen LogP contribution in [0.2, 0.25) is 0 Å². The second kappa shape index (κ2) is 5.58. The summed E-state index contributed by atoms with van der Waals surface area (Å²) >= 11 is 0. The van der Waals surface area contributed by atoms with Crippen molar-refractivity contribution in [3.8, 4) is 0 Å². The molecule has 3 heteroatoms. The predicted molar refractivity (Wildman–Crippen MR) is 52.6 cm³/mol. The Balaban J connectivity index is 2.38. The molecular weight excluding hydrogens is 166 g/mol. The van der Waals surface area contributed by atoms with Crippen LogP contribution in [-0.4, -0.2) is 32.5 Å². The summed E-state index contributed by atoms with van der Waals surface area (Å²) in [5.41, 5.74) is 6.13. The molecule has 0 bridgehead atoms. The molecule has 2 unspecified atom stereocenters. The van der Waals surface area contributed by atoms with Crippen molar-refractivity contribution in [1.82, 2.24) is 0 Å². The van der Waals surface area contributed by atoms with Gasteiger partial charge >= 0.3 is 0 Å². The van der Waals surface area contributed by atoms with E-state index in [9.17, 15) is 0 Å². The van der Waals surface area contributed by atoms with E-state index in [0.717, 1.165) is 32.5 Å². The van der Waals surface area contributed by atoms with Gasteiger partial charge in [-0.15, -0.1) is 0 Å². The lowest BCUT2D eigenvalue weighted by molar-refractivity contribution is 0.0134. The molecule has 1 saturated heterocycles. The second-order valence-electron chi connectivity index (χ2n) is 3.71. The summed E-state index contributed by atoms with van der Waals surface area (Å²) in [6.45, 7) is 3.84. The van der Waals surface area contributed by atoms with Crippen molar-refractivity contribution in [2.45, 2.75) is 38.3 Å². The van der Waals surface area contributed by atoms with Gasteiger partial charge < -0.3 is 15.2 Å². The molecule has 1 rings (SSSR count). The standard InChI is InChI=1S/C10H21NO2/c1-3-9(12-2)10(11)8-4-6-13-7-5-8/h8-10H,3-7,11H2,1-2H3. The smallest absolute Gasteiger partial charge is 0.0722 e. The van der Waals surface area contributed by atoms with Crippen molar-refractivity contribution in [1.29, 1.82) is 0 Å². The molecule has 1 heterocycles. The molecule has 1 fully saturated rings. The highest BCUT2D eigenvalue weighted by Gasteiger charge is 2.26. The second-order valence-corrected chi connectivity index (χ2v) is 3.71. The zero-order valence-electron chi connectivity index (χ0n) is 8.66. The van der Waals surface area contributed by atoms with Gasteiger partial charge in [0.1, 0.15) is 0 Å². The monoisotopic (exact) mass is 187 g/mol. The number of nitrogens with two attached hydrogens (primary N) is 1. The zero-order chi connectivity index (χ0) is 9.68. The molecule has 13 heavy (non-hydrogen) atoms. The van der Waals surface area contributed by atoms with Gasteiger partial charge in [0.2, 0.25) is 0 Å². The summed E-state index contributed by atoms with van der Waals surface area (Å²) < 4.78 is 10.6. The van der Waals surface area contributed by atoms with Crippen LogP contribution in [0.15, 0.2) is 0 Å². The third-order valence-electron chi connectivity index (χ3n) is 2.94. The van der Waals surface area contributed by atoms with Gasteiger partial charge in [-0.05, 0) is 25.2 Å². The zero-order valence-corrected chi connectivity index (χ0v) is 8.66. The van der Waals surface area contributed by atoms with Crippen LogP contribution < -0.4 is 5.73 Å². The van der Waals surface area contributed by atoms with E-state index in [0.29, 0.717) is 5.92 Å². The molecule has 0 radical (unpaired) electrons. The highest BCUT2D eigenvalue weighted by atomic mass is 16.5. The molecule has 2 N–H and O–H groups in total. The van der Waals surface area contributed by atoms with Crippen molar-refractivity contribution < 1.29 is 9.47 Å². The summed E-state index contributed by atoms with van der Waals surface area (Å²) in [4.78, 5) is 0. The molecule has 3 nitrogen and oxygen atoms in total. The minimum absolute atomic E-state index is 0.180. The molecule has 0 aromatic rings. The molecule has 0 amide bonds. The van der Waals surface area contributed by atoms with Crippen LogP contribution in [0.25, 0.3) is 0 Å². The lowest BCUT2D eigenvalue weighted by Gasteiger charge is -2.31. The number of hydrogen-bond donors (Lipinski definition) is 1. The van der Waals surface area contributed by atoms with Gasteiger partial charge in [0.15, 0.2) is 0 Å². The first kappa shape index (κ1) is 11.0. The highest BCUT2D eigenvalue weighted by Crippen LogP contribution is 2.21. The van der Waals surface area contributed by atoms with Crippen molar-refractivity contribution in [2.75, 3.05) is 20.3 Å². The van der Waals surface area contributed by atoms with Crippen molar-refractivity contribution >= 4 is 0 Å². The van der Waals surface area contributed by atoms with Crippen molar-refractivity contribution in [2.24, 2.45) is 11.7 Å². The van der Waals surface area contributed by atoms with E-state index >= 15 is 0 Å². The van der Waals surface area contributed by atoms with Crippen LogP contribution in [0, 0.1) is 5.92 Å². The Labute approximate surface area is 80.6 Å². The molecule has 0 aromatic carbocycles. The van der Waals surface area contributed by atoms with Crippen molar-refractivity contribution in [3.05, 3.63) is 0 Å². The number of rotatable bonds is 4. The molecule has 0 aromatic heterocycles. The number of methoxy groups -OCH3 is 1. The number of hydrogen-bond acceptors (Lipinski definition) is 3. The minimum atomic E-state index is 0.180. The van der Waals surface area contributed by atoms with Crippen molar-refractivity contribution in [3.63, 3.8) is 0 Å². The third kappa shape index (κ3) is 2.93. The first-order valence-electron chi connectivity index (χ1n) is 5.15. The van der Waals surface area contributed by atoms with Crippen LogP contribution in [-0.2, 0) is 9.47 Å². The Morgan fingerprint density at radius 2 is 2.08 bits per heavy atom. The van der Waals surface area contributed by atoms with E-state index in [-0.39, 0.29) is 12.1 Å². The third-order valence-corrected chi connectivity index (χ3v) is 2.94. The van der Waals surface area contributed by atoms with Gasteiger partial charge in [-0.1, -0.05) is 6.92 Å². The molecule has 0 spiro atoms. The van der Waals surface area contributed by atoms with Gasteiger partial charge in [0.05, 0.1) is 6.10 Å². The van der Waals surface area contributed by atoms with E-state index < -0.39 is 0 Å². The van der Waals surface area contributed by atoms with Gasteiger partial charge in [0.25, 0.3) is 0 Å². The fraction of sp³-hybridized carbons (Fsp3) is 1.00. The first-order valence-corrected chi connectivity index (χ1v) is 5.15. The molecule has 1 aliphatic heterocycles. The average molecular weight is 187 g/mol. The summed E-state index contributed by atoms with van der Waals surface area (Å²) in [5.74, 6) is 0.582. The SMILES string of the molecule is CCC(OC)C(N)C1CCOCC1. The summed E-state index contributed by atoms with van der Waals surface area (Å²) in [6, 6.07) is 0.180. The lowest BCUT2D eigenvalue weighted by Crippen LogP contribution is -2.44. The summed E-state index contributed by atoms with van der Waals surface area (Å²) in [6.07, 6.45) is 3.37. The molecule has 78 valence electrons. The molecule has 1 aliphatic rings. The van der Waals surface area contributed by atoms with Crippen LogP contribution in [0.5, 0.6) is 0 Å². The minimum Gasteiger partial charge on any atom is -0.381 e. The van der Waals surface area contributed by atoms with Gasteiger partial charge in [-0.25, -0.2) is 0 Å². The van der Waals surface area contributed by atoms with Crippen LogP contribution >= 0.6 is 0 Å². The van der Waals surface area contributed by atoms with E-state index in [1.54, 1.807) is 7.11 Å². The van der Waals surface area contributed by atoms with Crippen LogP contribution in [0.3, 0.4) is 0 Å². The van der Waals surface area contributed by atoms with E-state index in [1.807, 2.05) is 0 Å². The Kier molecular flexibility index (Phi) is 4.70. The quantitative estimate of drug-likeness (QED) is 0.718. The Bertz CT molecular complexity index is 131. The molecule has 0 aliphatic carbocycles. The van der Waals surface area contributed by atoms with Crippen LogP contribution in [0.4, 0.5) is 0 Å². The van der Waals surface area contributed by atoms with E-state index in [2.05, 4.69) is 6.92 Å². The Morgan fingerprint density at radius 3 is 2.54 bits per heavy atom. The highest BCUT2D eigenvalue weighted by molar-refractivity contribution is 4.81. The predicted octanol–water partition coefficient (Wildman–Crippen LogP) is 1.17. The van der Waals surface area contributed by atoms with Gasteiger partial charge in [0, 0.05) is 26.4 Å². The molecule has 0 saturated carbocycles. The van der Waals surface area contributed by atoms with Gasteiger partial charge in [-0.2, -0.15) is 0 Å². The number of ether oxygens (including phenoxy) is 2. The van der Waals surface area contributed by atoms with Crippen LogP contribution in [0.1, 0.15) is 26.2 Å². The Morgan fingerprint density at radius 1 is 1.46 bits per heavy atom. The Hall–Kier alpha value is -0.120. The largest absolute Gasteiger partial charge is 0.381 e. The topological polar surface area (TPSA) is 44.5 Å². The maximum Gasteiger partial charge on any atom is 0.0722 e. The maximum atomic E-state index is 6.13. The summed E-state index contributed by atoms with van der Waals surface area (Å²) in [5, 5.41) is 0.